The molecule has 3 nitrogen and oxygen atoms in total. The second kappa shape index (κ2) is 7.25. The Hall–Kier alpha value is -1.06. The van der Waals surface area contributed by atoms with Crippen LogP contribution in [0.1, 0.15) is 12.0 Å². The predicted octanol–water partition coefficient (Wildman–Crippen LogP) is 1.86. The third kappa shape index (κ3) is 4.21. The van der Waals surface area contributed by atoms with E-state index in [0.717, 1.165) is 25.2 Å². The van der Waals surface area contributed by atoms with Crippen molar-refractivity contribution in [3.63, 3.8) is 0 Å². The molecule has 0 bridgehead atoms. The molecule has 1 aromatic rings. The van der Waals surface area contributed by atoms with Gasteiger partial charge in [-0.2, -0.15) is 0 Å². The summed E-state index contributed by atoms with van der Waals surface area (Å²) in [6.45, 7) is 0.787. The summed E-state index contributed by atoms with van der Waals surface area (Å²) in [6.07, 6.45) is 2.02. The van der Waals surface area contributed by atoms with E-state index >= 15 is 0 Å². The molecule has 0 aliphatic heterocycles. The van der Waals surface area contributed by atoms with Crippen LogP contribution < -0.4 is 10.1 Å². The minimum Gasteiger partial charge on any atom is -0.497 e. The lowest BCUT2D eigenvalue weighted by Crippen LogP contribution is -2.28. The fraction of sp³-hybridized carbons (Fsp3) is 0.538. The van der Waals surface area contributed by atoms with E-state index in [0.29, 0.717) is 6.04 Å². The molecule has 1 rings (SSSR count). The SMILES string of the molecule is CNC(CCOC)Cc1cccc(OC)c1. The minimum atomic E-state index is 0.451. The van der Waals surface area contributed by atoms with Gasteiger partial charge in [0.25, 0.3) is 0 Å². The maximum absolute atomic E-state index is 5.21. The van der Waals surface area contributed by atoms with Crippen LogP contribution in [0.2, 0.25) is 0 Å². The topological polar surface area (TPSA) is 30.5 Å². The monoisotopic (exact) mass is 223 g/mol. The van der Waals surface area contributed by atoms with Gasteiger partial charge in [-0.1, -0.05) is 12.1 Å². The number of rotatable bonds is 7. The average molecular weight is 223 g/mol. The van der Waals surface area contributed by atoms with Crippen molar-refractivity contribution >= 4 is 0 Å². The Morgan fingerprint density at radius 1 is 1.31 bits per heavy atom. The van der Waals surface area contributed by atoms with Crippen LogP contribution in [0.5, 0.6) is 5.75 Å². The molecule has 1 N–H and O–H groups in total. The quantitative estimate of drug-likeness (QED) is 0.765. The molecular weight excluding hydrogens is 202 g/mol. The Kier molecular flexibility index (Phi) is 5.90. The third-order valence-corrected chi connectivity index (χ3v) is 2.69. The van der Waals surface area contributed by atoms with Crippen molar-refractivity contribution in [2.75, 3.05) is 27.9 Å². The number of hydrogen-bond donors (Lipinski definition) is 1. The summed E-state index contributed by atoms with van der Waals surface area (Å²) in [4.78, 5) is 0. The van der Waals surface area contributed by atoms with Gasteiger partial charge in [0, 0.05) is 19.8 Å². The number of likely N-dealkylation sites (N-methyl/N-ethyl adjacent to an activating group) is 1. The van der Waals surface area contributed by atoms with Crippen molar-refractivity contribution in [2.24, 2.45) is 0 Å². The zero-order valence-corrected chi connectivity index (χ0v) is 10.3. The molecule has 1 aromatic carbocycles. The molecular formula is C13H21NO2. The van der Waals surface area contributed by atoms with E-state index < -0.39 is 0 Å². The number of benzene rings is 1. The van der Waals surface area contributed by atoms with Crippen LogP contribution in [0.25, 0.3) is 0 Å². The average Bonchev–Trinajstić information content (AvgIpc) is 2.34. The molecule has 0 spiro atoms. The molecule has 3 heteroatoms. The molecule has 0 saturated heterocycles. The lowest BCUT2D eigenvalue weighted by atomic mass is 10.0. The number of methoxy groups -OCH3 is 2. The first-order chi connectivity index (χ1) is 7.80. The van der Waals surface area contributed by atoms with Crippen LogP contribution in [-0.2, 0) is 11.2 Å². The predicted molar refractivity (Wildman–Crippen MR) is 66.0 cm³/mol. The third-order valence-electron chi connectivity index (χ3n) is 2.69. The van der Waals surface area contributed by atoms with Crippen molar-refractivity contribution in [3.8, 4) is 5.75 Å². The second-order valence-corrected chi connectivity index (χ2v) is 3.82. The summed E-state index contributed by atoms with van der Waals surface area (Å²) in [5.74, 6) is 0.916. The molecule has 0 aromatic heterocycles. The van der Waals surface area contributed by atoms with Crippen LogP contribution >= 0.6 is 0 Å². The highest BCUT2D eigenvalue weighted by Gasteiger charge is 2.07. The fourth-order valence-electron chi connectivity index (χ4n) is 1.69. The molecule has 0 saturated carbocycles. The number of hydrogen-bond acceptors (Lipinski definition) is 3. The first-order valence-corrected chi connectivity index (χ1v) is 5.59. The molecule has 0 radical (unpaired) electrons. The van der Waals surface area contributed by atoms with E-state index in [1.165, 1.54) is 5.56 Å². The van der Waals surface area contributed by atoms with Crippen molar-refractivity contribution in [1.29, 1.82) is 0 Å². The maximum atomic E-state index is 5.21. The Bertz CT molecular complexity index is 302. The van der Waals surface area contributed by atoms with Gasteiger partial charge in [0.1, 0.15) is 5.75 Å². The molecule has 1 unspecified atom stereocenters. The normalized spacial score (nSPS) is 12.4. The molecule has 0 aliphatic rings. The number of nitrogens with one attached hydrogen (secondary N) is 1. The lowest BCUT2D eigenvalue weighted by molar-refractivity contribution is 0.184. The molecule has 0 heterocycles. The minimum absolute atomic E-state index is 0.451. The van der Waals surface area contributed by atoms with Crippen molar-refractivity contribution in [2.45, 2.75) is 18.9 Å². The van der Waals surface area contributed by atoms with E-state index in [1.807, 2.05) is 19.2 Å². The summed E-state index contributed by atoms with van der Waals surface area (Å²) in [6, 6.07) is 8.65. The van der Waals surface area contributed by atoms with Crippen molar-refractivity contribution in [3.05, 3.63) is 29.8 Å². The first kappa shape index (κ1) is 13.0. The maximum Gasteiger partial charge on any atom is 0.119 e. The van der Waals surface area contributed by atoms with Crippen LogP contribution in [0.15, 0.2) is 24.3 Å². The molecule has 0 aliphatic carbocycles. The van der Waals surface area contributed by atoms with Crippen LogP contribution in [0.3, 0.4) is 0 Å². The van der Waals surface area contributed by atoms with Gasteiger partial charge >= 0.3 is 0 Å². The van der Waals surface area contributed by atoms with E-state index in [2.05, 4.69) is 17.4 Å². The lowest BCUT2D eigenvalue weighted by Gasteiger charge is -2.16. The van der Waals surface area contributed by atoms with Crippen molar-refractivity contribution < 1.29 is 9.47 Å². The number of ether oxygens (including phenoxy) is 2. The molecule has 0 amide bonds. The van der Waals surface area contributed by atoms with Crippen molar-refractivity contribution in [1.82, 2.24) is 5.32 Å². The highest BCUT2D eigenvalue weighted by atomic mass is 16.5. The Labute approximate surface area is 97.8 Å². The van der Waals surface area contributed by atoms with Crippen LogP contribution in [0.4, 0.5) is 0 Å². The van der Waals surface area contributed by atoms with Gasteiger partial charge < -0.3 is 14.8 Å². The summed E-state index contributed by atoms with van der Waals surface area (Å²) < 4.78 is 10.3. The van der Waals surface area contributed by atoms with E-state index in [1.54, 1.807) is 14.2 Å². The largest absolute Gasteiger partial charge is 0.497 e. The van der Waals surface area contributed by atoms with Gasteiger partial charge in [-0.15, -0.1) is 0 Å². The Morgan fingerprint density at radius 3 is 2.75 bits per heavy atom. The van der Waals surface area contributed by atoms with Gasteiger partial charge in [-0.05, 0) is 37.6 Å². The summed E-state index contributed by atoms with van der Waals surface area (Å²) in [5.41, 5.74) is 1.29. The highest BCUT2D eigenvalue weighted by molar-refractivity contribution is 5.28. The summed E-state index contributed by atoms with van der Waals surface area (Å²) in [5, 5.41) is 3.30. The Balaban J connectivity index is 2.55. The van der Waals surface area contributed by atoms with Gasteiger partial charge in [0.2, 0.25) is 0 Å². The smallest absolute Gasteiger partial charge is 0.119 e. The molecule has 16 heavy (non-hydrogen) atoms. The summed E-state index contributed by atoms with van der Waals surface area (Å²) in [7, 11) is 5.42. The molecule has 1 atom stereocenters. The van der Waals surface area contributed by atoms with E-state index in [9.17, 15) is 0 Å². The fourth-order valence-corrected chi connectivity index (χ4v) is 1.69. The molecule has 90 valence electrons. The zero-order chi connectivity index (χ0) is 11.8. The van der Waals surface area contributed by atoms with Crippen LogP contribution in [0, 0.1) is 0 Å². The first-order valence-electron chi connectivity index (χ1n) is 5.59. The standard InChI is InChI=1S/C13H21NO2/c1-14-12(7-8-15-2)9-11-5-4-6-13(10-11)16-3/h4-6,10,12,14H,7-9H2,1-3H3. The molecule has 0 fully saturated rings. The second-order valence-electron chi connectivity index (χ2n) is 3.82. The van der Waals surface area contributed by atoms with Gasteiger partial charge in [0.15, 0.2) is 0 Å². The zero-order valence-electron chi connectivity index (χ0n) is 10.3. The highest BCUT2D eigenvalue weighted by Crippen LogP contribution is 2.14. The van der Waals surface area contributed by atoms with E-state index in [4.69, 9.17) is 9.47 Å². The van der Waals surface area contributed by atoms with E-state index in [-0.39, 0.29) is 0 Å². The van der Waals surface area contributed by atoms with Gasteiger partial charge in [-0.25, -0.2) is 0 Å². The van der Waals surface area contributed by atoms with Gasteiger partial charge in [0.05, 0.1) is 7.11 Å². The summed E-state index contributed by atoms with van der Waals surface area (Å²) >= 11 is 0. The van der Waals surface area contributed by atoms with Crippen LogP contribution in [-0.4, -0.2) is 33.9 Å². The van der Waals surface area contributed by atoms with Gasteiger partial charge in [-0.3, -0.25) is 0 Å². The Morgan fingerprint density at radius 2 is 2.12 bits per heavy atom.